The zero-order valence-corrected chi connectivity index (χ0v) is 10.6. The predicted octanol–water partition coefficient (Wildman–Crippen LogP) is 2.07. The van der Waals surface area contributed by atoms with Crippen LogP contribution < -0.4 is 14.8 Å². The molecule has 0 radical (unpaired) electrons. The van der Waals surface area contributed by atoms with Crippen LogP contribution in [0.2, 0.25) is 0 Å². The first kappa shape index (κ1) is 11.8. The van der Waals surface area contributed by atoms with Crippen molar-refractivity contribution < 1.29 is 14.2 Å². The Kier molecular flexibility index (Phi) is 3.39. The molecule has 0 bridgehead atoms. The number of nitrogens with one attached hydrogen (secondary N) is 1. The number of hydrogen-bond donors (Lipinski definition) is 1. The molecule has 4 heteroatoms. The van der Waals surface area contributed by atoms with Gasteiger partial charge >= 0.3 is 0 Å². The lowest BCUT2D eigenvalue weighted by atomic mass is 10.1. The molecule has 2 aliphatic rings. The van der Waals surface area contributed by atoms with Crippen LogP contribution >= 0.6 is 0 Å². The van der Waals surface area contributed by atoms with Crippen molar-refractivity contribution in [2.75, 3.05) is 13.4 Å². The van der Waals surface area contributed by atoms with Gasteiger partial charge in [-0.25, -0.2) is 0 Å². The fourth-order valence-electron chi connectivity index (χ4n) is 2.46. The maximum atomic E-state index is 5.67. The minimum atomic E-state index is 0.332. The summed E-state index contributed by atoms with van der Waals surface area (Å²) >= 11 is 0. The second kappa shape index (κ2) is 5.16. The van der Waals surface area contributed by atoms with Crippen molar-refractivity contribution in [3.05, 3.63) is 23.8 Å². The Hall–Kier alpha value is -1.26. The Labute approximate surface area is 107 Å². The minimum absolute atomic E-state index is 0.332. The normalized spacial score (nSPS) is 23.3. The molecule has 1 saturated heterocycles. The van der Waals surface area contributed by atoms with E-state index in [0.29, 0.717) is 18.9 Å². The molecule has 2 aliphatic heterocycles. The summed E-state index contributed by atoms with van der Waals surface area (Å²) in [6.07, 6.45) is 2.70. The van der Waals surface area contributed by atoms with Crippen LogP contribution in [-0.4, -0.2) is 25.5 Å². The molecular weight excluding hydrogens is 230 g/mol. The van der Waals surface area contributed by atoms with Gasteiger partial charge in [-0.15, -0.1) is 0 Å². The third-order valence-corrected chi connectivity index (χ3v) is 3.59. The zero-order valence-electron chi connectivity index (χ0n) is 10.6. The summed E-state index contributed by atoms with van der Waals surface area (Å²) in [4.78, 5) is 0. The van der Waals surface area contributed by atoms with Crippen molar-refractivity contribution in [2.45, 2.75) is 38.5 Å². The van der Waals surface area contributed by atoms with Gasteiger partial charge in [-0.05, 0) is 37.5 Å². The van der Waals surface area contributed by atoms with Gasteiger partial charge in [0, 0.05) is 19.2 Å². The van der Waals surface area contributed by atoms with E-state index in [-0.39, 0.29) is 0 Å². The van der Waals surface area contributed by atoms with Gasteiger partial charge in [-0.3, -0.25) is 0 Å². The molecule has 0 spiro atoms. The summed E-state index contributed by atoms with van der Waals surface area (Å²) < 4.78 is 16.3. The number of rotatable bonds is 4. The van der Waals surface area contributed by atoms with Crippen molar-refractivity contribution in [3.63, 3.8) is 0 Å². The summed E-state index contributed by atoms with van der Waals surface area (Å²) in [5.74, 6) is 1.69. The van der Waals surface area contributed by atoms with Crippen LogP contribution in [0.1, 0.15) is 25.3 Å². The maximum Gasteiger partial charge on any atom is 0.231 e. The molecule has 1 N–H and O–H groups in total. The van der Waals surface area contributed by atoms with E-state index >= 15 is 0 Å². The van der Waals surface area contributed by atoms with E-state index in [9.17, 15) is 0 Å². The quantitative estimate of drug-likeness (QED) is 0.886. The number of fused-ring (bicyclic) bond motifs is 1. The molecule has 0 aliphatic carbocycles. The Morgan fingerprint density at radius 3 is 3.06 bits per heavy atom. The number of benzene rings is 1. The highest BCUT2D eigenvalue weighted by Gasteiger charge is 2.22. The molecule has 1 fully saturated rings. The fraction of sp³-hybridized carbons (Fsp3) is 0.571. The highest BCUT2D eigenvalue weighted by atomic mass is 16.7. The molecule has 2 unspecified atom stereocenters. The summed E-state index contributed by atoms with van der Waals surface area (Å²) in [6, 6.07) is 6.47. The van der Waals surface area contributed by atoms with Gasteiger partial charge in [0.2, 0.25) is 6.79 Å². The third kappa shape index (κ3) is 2.44. The molecule has 0 aromatic heterocycles. The van der Waals surface area contributed by atoms with Gasteiger partial charge in [0.15, 0.2) is 11.5 Å². The van der Waals surface area contributed by atoms with E-state index in [4.69, 9.17) is 14.2 Å². The largest absolute Gasteiger partial charge is 0.454 e. The predicted molar refractivity (Wildman–Crippen MR) is 67.8 cm³/mol. The maximum absolute atomic E-state index is 5.67. The van der Waals surface area contributed by atoms with Crippen LogP contribution in [0.15, 0.2) is 18.2 Å². The Morgan fingerprint density at radius 2 is 2.22 bits per heavy atom. The van der Waals surface area contributed by atoms with Crippen LogP contribution in [0.25, 0.3) is 0 Å². The first-order chi connectivity index (χ1) is 8.83. The van der Waals surface area contributed by atoms with Crippen LogP contribution in [0.3, 0.4) is 0 Å². The zero-order chi connectivity index (χ0) is 12.4. The summed E-state index contributed by atoms with van der Waals surface area (Å²) in [5, 5.41) is 3.51. The average molecular weight is 249 g/mol. The van der Waals surface area contributed by atoms with Crippen molar-refractivity contribution in [1.82, 2.24) is 5.32 Å². The Morgan fingerprint density at radius 1 is 1.33 bits per heavy atom. The van der Waals surface area contributed by atoms with Crippen molar-refractivity contribution in [3.8, 4) is 11.5 Å². The highest BCUT2D eigenvalue weighted by molar-refractivity contribution is 5.44. The molecule has 2 atom stereocenters. The molecule has 3 rings (SSSR count). The highest BCUT2D eigenvalue weighted by Crippen LogP contribution is 2.32. The molecular formula is C14H19NO3. The van der Waals surface area contributed by atoms with Crippen LogP contribution in [0, 0.1) is 0 Å². The molecule has 1 aromatic carbocycles. The first-order valence-corrected chi connectivity index (χ1v) is 6.56. The summed E-state index contributed by atoms with van der Waals surface area (Å²) in [7, 11) is 0. The van der Waals surface area contributed by atoms with E-state index < -0.39 is 0 Å². The standard InChI is InChI=1S/C14H19NO3/c1-10(12-3-2-6-16-12)15-8-11-4-5-13-14(7-11)18-9-17-13/h4-5,7,10,12,15H,2-3,6,8-9H2,1H3. The third-order valence-electron chi connectivity index (χ3n) is 3.59. The number of hydrogen-bond acceptors (Lipinski definition) is 4. The fourth-order valence-corrected chi connectivity index (χ4v) is 2.46. The van der Waals surface area contributed by atoms with E-state index in [1.807, 2.05) is 12.1 Å². The Bertz CT molecular complexity index is 416. The molecule has 18 heavy (non-hydrogen) atoms. The van der Waals surface area contributed by atoms with Gasteiger partial charge in [0.25, 0.3) is 0 Å². The smallest absolute Gasteiger partial charge is 0.231 e. The van der Waals surface area contributed by atoms with Crippen molar-refractivity contribution in [1.29, 1.82) is 0 Å². The van der Waals surface area contributed by atoms with Crippen molar-refractivity contribution in [2.24, 2.45) is 0 Å². The molecule has 0 saturated carbocycles. The van der Waals surface area contributed by atoms with Gasteiger partial charge < -0.3 is 19.5 Å². The van der Waals surface area contributed by atoms with Gasteiger partial charge in [0.1, 0.15) is 0 Å². The Balaban J connectivity index is 1.56. The van der Waals surface area contributed by atoms with Crippen molar-refractivity contribution >= 4 is 0 Å². The van der Waals surface area contributed by atoms with Gasteiger partial charge in [-0.1, -0.05) is 6.07 Å². The number of ether oxygens (including phenoxy) is 3. The summed E-state index contributed by atoms with van der Waals surface area (Å²) in [6.45, 7) is 4.25. The van der Waals surface area contributed by atoms with Crippen LogP contribution in [-0.2, 0) is 11.3 Å². The SMILES string of the molecule is CC(NCc1ccc2c(c1)OCO2)C1CCCO1. The summed E-state index contributed by atoms with van der Waals surface area (Å²) in [5.41, 5.74) is 1.21. The van der Waals surface area contributed by atoms with Gasteiger partial charge in [-0.2, -0.15) is 0 Å². The van der Waals surface area contributed by atoms with E-state index in [1.165, 1.54) is 12.0 Å². The minimum Gasteiger partial charge on any atom is -0.454 e. The van der Waals surface area contributed by atoms with E-state index in [0.717, 1.165) is 31.1 Å². The van der Waals surface area contributed by atoms with E-state index in [2.05, 4.69) is 18.3 Å². The van der Waals surface area contributed by atoms with Gasteiger partial charge in [0.05, 0.1) is 6.10 Å². The van der Waals surface area contributed by atoms with Crippen LogP contribution in [0.5, 0.6) is 11.5 Å². The molecule has 4 nitrogen and oxygen atoms in total. The monoisotopic (exact) mass is 249 g/mol. The molecule has 1 aromatic rings. The van der Waals surface area contributed by atoms with Crippen LogP contribution in [0.4, 0.5) is 0 Å². The lowest BCUT2D eigenvalue weighted by molar-refractivity contribution is 0.0832. The van der Waals surface area contributed by atoms with E-state index in [1.54, 1.807) is 0 Å². The lowest BCUT2D eigenvalue weighted by Crippen LogP contribution is -2.36. The average Bonchev–Trinajstić information content (AvgIpc) is 3.05. The first-order valence-electron chi connectivity index (χ1n) is 6.56. The second-order valence-electron chi connectivity index (χ2n) is 4.91. The molecule has 0 amide bonds. The second-order valence-corrected chi connectivity index (χ2v) is 4.91. The molecule has 2 heterocycles. The topological polar surface area (TPSA) is 39.7 Å². The lowest BCUT2D eigenvalue weighted by Gasteiger charge is -2.20. The molecule has 98 valence electrons.